The van der Waals surface area contributed by atoms with Gasteiger partial charge in [-0.3, -0.25) is 0 Å². The number of nitrogens with zero attached hydrogens (tertiary/aromatic N) is 3. The Morgan fingerprint density at radius 3 is 3.16 bits per heavy atom. The predicted octanol–water partition coefficient (Wildman–Crippen LogP) is 1.06. The molecule has 3 heterocycles. The third-order valence-electron chi connectivity index (χ3n) is 3.63. The van der Waals surface area contributed by atoms with E-state index < -0.39 is 0 Å². The van der Waals surface area contributed by atoms with Crippen molar-refractivity contribution in [2.45, 2.75) is 19.4 Å². The molecule has 1 saturated heterocycles. The zero-order valence-electron chi connectivity index (χ0n) is 11.2. The Hall–Kier alpha value is -1.59. The number of morpholine rings is 1. The molecule has 0 aliphatic carbocycles. The summed E-state index contributed by atoms with van der Waals surface area (Å²) in [6.45, 7) is 5.22. The number of hydrogen-bond donors (Lipinski definition) is 1. The van der Waals surface area contributed by atoms with Crippen LogP contribution in [0.1, 0.15) is 12.6 Å². The van der Waals surface area contributed by atoms with Gasteiger partial charge in [0.25, 0.3) is 0 Å². The fourth-order valence-electron chi connectivity index (χ4n) is 2.67. The zero-order chi connectivity index (χ0) is 13.2. The highest BCUT2D eigenvalue weighted by Gasteiger charge is 2.24. The topological polar surface area (TPSA) is 55.8 Å². The molecule has 0 aromatic carbocycles. The van der Waals surface area contributed by atoms with Crippen molar-refractivity contribution in [2.75, 3.05) is 31.2 Å². The quantitative estimate of drug-likeness (QED) is 0.896. The van der Waals surface area contributed by atoms with Crippen LogP contribution >= 0.6 is 0 Å². The lowest BCUT2D eigenvalue weighted by atomic mass is 10.2. The van der Waals surface area contributed by atoms with Gasteiger partial charge in [0, 0.05) is 19.2 Å². The first kappa shape index (κ1) is 12.4. The monoisotopic (exact) mass is 260 g/mol. The van der Waals surface area contributed by atoms with Gasteiger partial charge in [0.15, 0.2) is 5.82 Å². The molecule has 5 nitrogen and oxygen atoms in total. The van der Waals surface area contributed by atoms with Gasteiger partial charge in [-0.15, -0.1) is 0 Å². The molecule has 102 valence electrons. The Balaban J connectivity index is 2.08. The summed E-state index contributed by atoms with van der Waals surface area (Å²) >= 11 is 0. The molecule has 1 aliphatic heterocycles. The maximum Gasteiger partial charge on any atom is 0.151 e. The summed E-state index contributed by atoms with van der Waals surface area (Å²) in [5.41, 5.74) is 7.95. The average Bonchev–Trinajstić information content (AvgIpc) is 2.79. The van der Waals surface area contributed by atoms with Crippen molar-refractivity contribution in [3.05, 3.63) is 30.1 Å². The highest BCUT2D eigenvalue weighted by atomic mass is 16.5. The van der Waals surface area contributed by atoms with Crippen molar-refractivity contribution in [3.63, 3.8) is 0 Å². The number of aromatic nitrogens is 2. The summed E-state index contributed by atoms with van der Waals surface area (Å²) in [4.78, 5) is 7.12. The number of hydrogen-bond acceptors (Lipinski definition) is 4. The Bertz CT molecular complexity index is 566. The summed E-state index contributed by atoms with van der Waals surface area (Å²) in [5.74, 6) is 1.06. The van der Waals surface area contributed by atoms with Gasteiger partial charge in [0.1, 0.15) is 5.65 Å². The molecule has 0 amide bonds. The Labute approximate surface area is 113 Å². The lowest BCUT2D eigenvalue weighted by Crippen LogP contribution is -2.44. The van der Waals surface area contributed by atoms with Crippen molar-refractivity contribution in [2.24, 2.45) is 5.73 Å². The van der Waals surface area contributed by atoms with Gasteiger partial charge in [-0.2, -0.15) is 0 Å². The largest absolute Gasteiger partial charge is 0.377 e. The molecule has 2 N–H and O–H groups in total. The van der Waals surface area contributed by atoms with Crippen molar-refractivity contribution in [3.8, 4) is 0 Å². The van der Waals surface area contributed by atoms with Crippen LogP contribution in [-0.2, 0) is 11.2 Å². The summed E-state index contributed by atoms with van der Waals surface area (Å²) in [7, 11) is 0. The maximum atomic E-state index is 5.76. The van der Waals surface area contributed by atoms with Crippen molar-refractivity contribution in [1.29, 1.82) is 0 Å². The number of imidazole rings is 1. The summed E-state index contributed by atoms with van der Waals surface area (Å²) in [6.07, 6.45) is 2.90. The van der Waals surface area contributed by atoms with Crippen LogP contribution in [0, 0.1) is 0 Å². The van der Waals surface area contributed by atoms with E-state index in [1.165, 1.54) is 5.69 Å². The zero-order valence-corrected chi connectivity index (χ0v) is 11.2. The van der Waals surface area contributed by atoms with Crippen molar-refractivity contribution in [1.82, 2.24) is 9.38 Å². The van der Waals surface area contributed by atoms with E-state index in [0.717, 1.165) is 37.6 Å². The van der Waals surface area contributed by atoms with Gasteiger partial charge in [-0.25, -0.2) is 4.98 Å². The van der Waals surface area contributed by atoms with Crippen LogP contribution in [0.4, 0.5) is 5.82 Å². The second-order valence-corrected chi connectivity index (χ2v) is 4.97. The van der Waals surface area contributed by atoms with E-state index in [2.05, 4.69) is 22.4 Å². The lowest BCUT2D eigenvalue weighted by molar-refractivity contribution is 0.0985. The second-order valence-electron chi connectivity index (χ2n) is 4.97. The van der Waals surface area contributed by atoms with Crippen molar-refractivity contribution >= 4 is 11.5 Å². The third-order valence-corrected chi connectivity index (χ3v) is 3.63. The number of fused-ring (bicyclic) bond motifs is 1. The van der Waals surface area contributed by atoms with E-state index in [0.29, 0.717) is 12.6 Å². The molecule has 5 heteroatoms. The van der Waals surface area contributed by atoms with Gasteiger partial charge in [-0.05, 0) is 25.6 Å². The molecule has 0 bridgehead atoms. The minimum atomic E-state index is 0.357. The van der Waals surface area contributed by atoms with Crippen LogP contribution in [0.25, 0.3) is 5.65 Å². The first-order valence-electron chi connectivity index (χ1n) is 6.81. The second kappa shape index (κ2) is 5.19. The first-order chi connectivity index (χ1) is 9.31. The van der Waals surface area contributed by atoms with E-state index in [-0.39, 0.29) is 0 Å². The Morgan fingerprint density at radius 1 is 1.47 bits per heavy atom. The molecule has 2 aromatic rings. The van der Waals surface area contributed by atoms with E-state index in [1.54, 1.807) is 0 Å². The molecule has 1 atom stereocenters. The summed E-state index contributed by atoms with van der Waals surface area (Å²) in [6, 6.07) is 6.44. The molecular weight excluding hydrogens is 240 g/mol. The van der Waals surface area contributed by atoms with Crippen LogP contribution in [0.2, 0.25) is 0 Å². The SMILES string of the molecule is CC1COCCN1c1nc2ccccn2c1CCN. The Kier molecular flexibility index (Phi) is 3.40. The lowest BCUT2D eigenvalue weighted by Gasteiger charge is -2.34. The Morgan fingerprint density at radius 2 is 2.37 bits per heavy atom. The molecule has 0 radical (unpaired) electrons. The summed E-state index contributed by atoms with van der Waals surface area (Å²) in [5, 5.41) is 0. The van der Waals surface area contributed by atoms with Gasteiger partial charge < -0.3 is 19.8 Å². The minimum Gasteiger partial charge on any atom is -0.377 e. The molecule has 19 heavy (non-hydrogen) atoms. The van der Waals surface area contributed by atoms with E-state index in [4.69, 9.17) is 15.5 Å². The molecule has 1 fully saturated rings. The average molecular weight is 260 g/mol. The third kappa shape index (κ3) is 2.19. The van der Waals surface area contributed by atoms with Gasteiger partial charge in [-0.1, -0.05) is 6.07 Å². The fourth-order valence-corrected chi connectivity index (χ4v) is 2.67. The van der Waals surface area contributed by atoms with Crippen LogP contribution in [0.5, 0.6) is 0 Å². The molecule has 3 rings (SSSR count). The standard InChI is InChI=1S/C14H20N4O/c1-11-10-19-9-8-17(11)14-12(5-6-15)18-7-3-2-4-13(18)16-14/h2-4,7,11H,5-6,8-10,15H2,1H3. The molecule has 1 aliphatic rings. The molecule has 0 spiro atoms. The number of nitrogens with two attached hydrogens (primary N) is 1. The number of rotatable bonds is 3. The van der Waals surface area contributed by atoms with Gasteiger partial charge >= 0.3 is 0 Å². The minimum absolute atomic E-state index is 0.357. The smallest absolute Gasteiger partial charge is 0.151 e. The fraction of sp³-hybridized carbons (Fsp3) is 0.500. The molecular formula is C14H20N4O. The number of ether oxygens (including phenoxy) is 1. The maximum absolute atomic E-state index is 5.76. The van der Waals surface area contributed by atoms with Crippen LogP contribution in [-0.4, -0.2) is 41.7 Å². The number of pyridine rings is 1. The van der Waals surface area contributed by atoms with E-state index in [1.807, 2.05) is 18.2 Å². The van der Waals surface area contributed by atoms with E-state index in [9.17, 15) is 0 Å². The highest BCUT2D eigenvalue weighted by Crippen LogP contribution is 2.25. The van der Waals surface area contributed by atoms with Gasteiger partial charge in [0.2, 0.25) is 0 Å². The van der Waals surface area contributed by atoms with Crippen LogP contribution in [0.3, 0.4) is 0 Å². The van der Waals surface area contributed by atoms with Crippen molar-refractivity contribution < 1.29 is 4.74 Å². The van der Waals surface area contributed by atoms with Crippen LogP contribution in [0.15, 0.2) is 24.4 Å². The normalized spacial score (nSPS) is 20.1. The number of anilines is 1. The van der Waals surface area contributed by atoms with E-state index >= 15 is 0 Å². The molecule has 0 saturated carbocycles. The first-order valence-corrected chi connectivity index (χ1v) is 6.81. The highest BCUT2D eigenvalue weighted by molar-refractivity contribution is 5.56. The van der Waals surface area contributed by atoms with Gasteiger partial charge in [0.05, 0.1) is 24.9 Å². The van der Waals surface area contributed by atoms with Crippen LogP contribution < -0.4 is 10.6 Å². The molecule has 2 aromatic heterocycles. The molecule has 1 unspecified atom stereocenters. The predicted molar refractivity (Wildman–Crippen MR) is 75.6 cm³/mol. The summed E-state index contributed by atoms with van der Waals surface area (Å²) < 4.78 is 7.65.